The van der Waals surface area contributed by atoms with Crippen molar-refractivity contribution >= 4 is 5.91 Å². The van der Waals surface area contributed by atoms with E-state index in [0.29, 0.717) is 30.5 Å². The van der Waals surface area contributed by atoms with Crippen LogP contribution in [0.2, 0.25) is 0 Å². The predicted molar refractivity (Wildman–Crippen MR) is 84.6 cm³/mol. The van der Waals surface area contributed by atoms with Crippen molar-refractivity contribution in [3.05, 3.63) is 11.8 Å². The van der Waals surface area contributed by atoms with Crippen LogP contribution in [0.4, 0.5) is 0 Å². The molecule has 118 valence electrons. The standard InChI is InChI=1S/C17H29N3O/c1-13-11-19(10-9-16(13)18)12-17(21)20(15-7-8-15)14-5-3-2-4-6-14/h5,13,15-16H,2-4,6-12,18H2,1H3. The van der Waals surface area contributed by atoms with Crippen molar-refractivity contribution in [2.75, 3.05) is 19.6 Å². The smallest absolute Gasteiger partial charge is 0.241 e. The minimum atomic E-state index is 0.303. The number of piperidine rings is 1. The van der Waals surface area contributed by atoms with Gasteiger partial charge in [-0.25, -0.2) is 0 Å². The predicted octanol–water partition coefficient (Wildman–Crippen LogP) is 2.10. The molecule has 4 nitrogen and oxygen atoms in total. The largest absolute Gasteiger partial charge is 0.327 e. The number of hydrogen-bond donors (Lipinski definition) is 1. The Morgan fingerprint density at radius 2 is 2.19 bits per heavy atom. The van der Waals surface area contributed by atoms with Gasteiger partial charge < -0.3 is 10.6 Å². The Hall–Kier alpha value is -0.870. The van der Waals surface area contributed by atoms with Gasteiger partial charge in [0.05, 0.1) is 6.54 Å². The number of amides is 1. The van der Waals surface area contributed by atoms with Gasteiger partial charge in [-0.1, -0.05) is 13.0 Å². The first-order chi connectivity index (χ1) is 10.1. The molecule has 0 bridgehead atoms. The van der Waals surface area contributed by atoms with Crippen LogP contribution >= 0.6 is 0 Å². The lowest BCUT2D eigenvalue weighted by atomic mass is 9.95. The van der Waals surface area contributed by atoms with Crippen molar-refractivity contribution in [2.45, 2.75) is 64.0 Å². The summed E-state index contributed by atoms with van der Waals surface area (Å²) in [5.41, 5.74) is 7.38. The van der Waals surface area contributed by atoms with Crippen LogP contribution < -0.4 is 5.73 Å². The average molecular weight is 291 g/mol. The van der Waals surface area contributed by atoms with Crippen LogP contribution in [0.5, 0.6) is 0 Å². The van der Waals surface area contributed by atoms with Gasteiger partial charge in [0.1, 0.15) is 0 Å². The number of carbonyl (C=O) groups excluding carboxylic acids is 1. The lowest BCUT2D eigenvalue weighted by Crippen LogP contribution is -2.49. The summed E-state index contributed by atoms with van der Waals surface area (Å²) in [6.45, 7) is 4.70. The highest BCUT2D eigenvalue weighted by atomic mass is 16.2. The first-order valence-corrected chi connectivity index (χ1v) is 8.64. The minimum absolute atomic E-state index is 0.303. The summed E-state index contributed by atoms with van der Waals surface area (Å²) in [6, 6.07) is 0.795. The van der Waals surface area contributed by atoms with Gasteiger partial charge in [-0.2, -0.15) is 0 Å². The SMILES string of the molecule is CC1CN(CC(=O)N(C2=CCCCC2)C2CC2)CCC1N. The molecule has 0 aromatic rings. The number of allylic oxidation sites excluding steroid dienone is 2. The second-order valence-corrected chi connectivity index (χ2v) is 7.10. The van der Waals surface area contributed by atoms with Gasteiger partial charge in [0.15, 0.2) is 0 Å². The number of carbonyl (C=O) groups is 1. The quantitative estimate of drug-likeness (QED) is 0.863. The molecule has 0 spiro atoms. The highest BCUT2D eigenvalue weighted by Crippen LogP contribution is 2.34. The maximum Gasteiger partial charge on any atom is 0.241 e. The van der Waals surface area contributed by atoms with Crippen molar-refractivity contribution < 1.29 is 4.79 Å². The molecule has 1 saturated heterocycles. The summed E-state index contributed by atoms with van der Waals surface area (Å²) in [5.74, 6) is 0.808. The second kappa shape index (κ2) is 6.49. The fourth-order valence-electron chi connectivity index (χ4n) is 3.63. The molecule has 0 radical (unpaired) electrons. The van der Waals surface area contributed by atoms with Crippen molar-refractivity contribution in [3.63, 3.8) is 0 Å². The molecule has 1 amide bonds. The van der Waals surface area contributed by atoms with Crippen LogP contribution in [0.25, 0.3) is 0 Å². The number of nitrogens with zero attached hydrogens (tertiary/aromatic N) is 2. The van der Waals surface area contributed by atoms with E-state index in [0.717, 1.165) is 32.4 Å². The molecule has 4 heteroatoms. The molecule has 3 rings (SSSR count). The first kappa shape index (κ1) is 15.0. The van der Waals surface area contributed by atoms with E-state index in [1.165, 1.54) is 31.4 Å². The summed E-state index contributed by atoms with van der Waals surface area (Å²) in [5, 5.41) is 0. The Morgan fingerprint density at radius 1 is 1.38 bits per heavy atom. The molecule has 2 fully saturated rings. The van der Waals surface area contributed by atoms with Gasteiger partial charge in [-0.3, -0.25) is 9.69 Å². The zero-order chi connectivity index (χ0) is 14.8. The molecule has 1 aliphatic heterocycles. The molecule has 2 N–H and O–H groups in total. The zero-order valence-corrected chi connectivity index (χ0v) is 13.3. The van der Waals surface area contributed by atoms with E-state index in [9.17, 15) is 4.79 Å². The number of likely N-dealkylation sites (tertiary alicyclic amines) is 1. The van der Waals surface area contributed by atoms with Gasteiger partial charge in [-0.15, -0.1) is 0 Å². The molecule has 2 aliphatic carbocycles. The Morgan fingerprint density at radius 3 is 2.81 bits per heavy atom. The van der Waals surface area contributed by atoms with E-state index in [4.69, 9.17) is 5.73 Å². The van der Waals surface area contributed by atoms with Crippen LogP contribution in [0.3, 0.4) is 0 Å². The normalized spacial score (nSPS) is 30.9. The number of hydrogen-bond acceptors (Lipinski definition) is 3. The first-order valence-electron chi connectivity index (χ1n) is 8.64. The average Bonchev–Trinajstić information content (AvgIpc) is 3.29. The van der Waals surface area contributed by atoms with E-state index >= 15 is 0 Å². The maximum atomic E-state index is 12.8. The van der Waals surface area contributed by atoms with Gasteiger partial charge in [-0.05, 0) is 50.9 Å². The van der Waals surface area contributed by atoms with E-state index in [1.807, 2.05) is 0 Å². The minimum Gasteiger partial charge on any atom is -0.327 e. The molecular weight excluding hydrogens is 262 g/mol. The third-order valence-electron chi connectivity index (χ3n) is 5.17. The maximum absolute atomic E-state index is 12.8. The molecule has 1 heterocycles. The van der Waals surface area contributed by atoms with E-state index in [2.05, 4.69) is 22.8 Å². The molecule has 1 saturated carbocycles. The summed E-state index contributed by atoms with van der Waals surface area (Å²) < 4.78 is 0. The van der Waals surface area contributed by atoms with Gasteiger partial charge in [0.25, 0.3) is 0 Å². The molecule has 2 atom stereocenters. The summed E-state index contributed by atoms with van der Waals surface area (Å²) >= 11 is 0. The number of nitrogens with two attached hydrogens (primary N) is 1. The third-order valence-corrected chi connectivity index (χ3v) is 5.17. The summed E-state index contributed by atoms with van der Waals surface area (Å²) in [4.78, 5) is 17.2. The van der Waals surface area contributed by atoms with Crippen LogP contribution in [0.1, 0.15) is 51.9 Å². The molecule has 2 unspecified atom stereocenters. The molecule has 21 heavy (non-hydrogen) atoms. The van der Waals surface area contributed by atoms with Crippen molar-refractivity contribution in [3.8, 4) is 0 Å². The molecule has 3 aliphatic rings. The number of rotatable bonds is 4. The van der Waals surface area contributed by atoms with Gasteiger partial charge in [0.2, 0.25) is 5.91 Å². The Labute approximate surface area is 128 Å². The summed E-state index contributed by atoms with van der Waals surface area (Å²) in [7, 11) is 0. The lowest BCUT2D eigenvalue weighted by molar-refractivity contribution is -0.131. The monoisotopic (exact) mass is 291 g/mol. The van der Waals surface area contributed by atoms with Crippen LogP contribution in [-0.4, -0.2) is 47.4 Å². The third kappa shape index (κ3) is 3.67. The Kier molecular flexibility index (Phi) is 4.65. The Balaban J connectivity index is 1.61. The van der Waals surface area contributed by atoms with Gasteiger partial charge in [0, 0.05) is 30.9 Å². The lowest BCUT2D eigenvalue weighted by Gasteiger charge is -2.36. The van der Waals surface area contributed by atoms with Crippen molar-refractivity contribution in [1.82, 2.24) is 9.80 Å². The van der Waals surface area contributed by atoms with Crippen LogP contribution in [0, 0.1) is 5.92 Å². The zero-order valence-electron chi connectivity index (χ0n) is 13.3. The van der Waals surface area contributed by atoms with Crippen LogP contribution in [-0.2, 0) is 4.79 Å². The highest BCUT2D eigenvalue weighted by Gasteiger charge is 2.36. The summed E-state index contributed by atoms with van der Waals surface area (Å²) in [6.07, 6.45) is 10.4. The second-order valence-electron chi connectivity index (χ2n) is 7.10. The highest BCUT2D eigenvalue weighted by molar-refractivity contribution is 5.80. The van der Waals surface area contributed by atoms with Crippen molar-refractivity contribution in [1.29, 1.82) is 0 Å². The fraction of sp³-hybridized carbons (Fsp3) is 0.824. The Bertz CT molecular complexity index is 416. The van der Waals surface area contributed by atoms with Crippen molar-refractivity contribution in [2.24, 2.45) is 11.7 Å². The van der Waals surface area contributed by atoms with E-state index in [-0.39, 0.29) is 0 Å². The van der Waals surface area contributed by atoms with E-state index in [1.54, 1.807) is 0 Å². The molecular formula is C17H29N3O. The molecule has 0 aromatic carbocycles. The van der Waals surface area contributed by atoms with Gasteiger partial charge >= 0.3 is 0 Å². The molecule has 0 aromatic heterocycles. The topological polar surface area (TPSA) is 49.6 Å². The van der Waals surface area contributed by atoms with Crippen LogP contribution in [0.15, 0.2) is 11.8 Å². The fourth-order valence-corrected chi connectivity index (χ4v) is 3.63. The van der Waals surface area contributed by atoms with E-state index < -0.39 is 0 Å².